The van der Waals surface area contributed by atoms with Crippen molar-refractivity contribution in [3.63, 3.8) is 0 Å². The lowest BCUT2D eigenvalue weighted by molar-refractivity contribution is -0.113. The lowest BCUT2D eigenvalue weighted by Crippen LogP contribution is -2.29. The van der Waals surface area contributed by atoms with Gasteiger partial charge in [0.05, 0.1) is 18.8 Å². The van der Waals surface area contributed by atoms with E-state index in [4.69, 9.17) is 20.9 Å². The Kier molecular flexibility index (Phi) is 4.77. The molecule has 22 heavy (non-hydrogen) atoms. The van der Waals surface area contributed by atoms with Gasteiger partial charge in [0.2, 0.25) is 5.96 Å². The molecule has 2 rings (SSSR count). The van der Waals surface area contributed by atoms with E-state index in [2.05, 4.69) is 9.98 Å². The summed E-state index contributed by atoms with van der Waals surface area (Å²) < 4.78 is 11.0. The molecule has 0 unspecified atom stereocenters. The third-order valence-electron chi connectivity index (χ3n) is 2.84. The van der Waals surface area contributed by atoms with E-state index >= 15 is 0 Å². The van der Waals surface area contributed by atoms with E-state index in [0.29, 0.717) is 24.7 Å². The number of hydrogen-bond acceptors (Lipinski definition) is 6. The third-order valence-corrected chi connectivity index (χ3v) is 2.84. The van der Waals surface area contributed by atoms with Crippen LogP contribution in [0.1, 0.15) is 19.4 Å². The van der Waals surface area contributed by atoms with Gasteiger partial charge in [-0.05, 0) is 37.6 Å². The van der Waals surface area contributed by atoms with Crippen LogP contribution in [0.3, 0.4) is 0 Å². The molecule has 0 fully saturated rings. The molecule has 0 saturated heterocycles. The number of amidine groups is 1. The minimum absolute atomic E-state index is 0.0457. The minimum atomic E-state index is -0.517. The quantitative estimate of drug-likeness (QED) is 0.790. The summed E-state index contributed by atoms with van der Waals surface area (Å²) in [7, 11) is 0. The second-order valence-corrected chi connectivity index (χ2v) is 4.40. The Morgan fingerprint density at radius 1 is 1.09 bits per heavy atom. The summed E-state index contributed by atoms with van der Waals surface area (Å²) in [4.78, 5) is 19.2. The van der Waals surface area contributed by atoms with Gasteiger partial charge in [-0.3, -0.25) is 4.79 Å². The van der Waals surface area contributed by atoms with Gasteiger partial charge in [-0.2, -0.15) is 9.98 Å². The van der Waals surface area contributed by atoms with Crippen molar-refractivity contribution in [3.05, 3.63) is 29.3 Å². The zero-order valence-corrected chi connectivity index (χ0v) is 12.5. The van der Waals surface area contributed by atoms with E-state index in [1.165, 1.54) is 0 Å². The van der Waals surface area contributed by atoms with Crippen LogP contribution in [-0.4, -0.2) is 30.9 Å². The van der Waals surface area contributed by atoms with Crippen LogP contribution < -0.4 is 20.9 Å². The smallest absolute Gasteiger partial charge is 0.284 e. The molecule has 1 aliphatic rings. The summed E-state index contributed by atoms with van der Waals surface area (Å²) in [5.41, 5.74) is 12.0. The summed E-state index contributed by atoms with van der Waals surface area (Å²) >= 11 is 0. The van der Waals surface area contributed by atoms with Gasteiger partial charge in [0.15, 0.2) is 11.5 Å². The predicted octanol–water partition coefficient (Wildman–Crippen LogP) is 1.08. The van der Waals surface area contributed by atoms with E-state index in [1.807, 2.05) is 13.8 Å². The molecule has 116 valence electrons. The van der Waals surface area contributed by atoms with Crippen molar-refractivity contribution in [2.75, 3.05) is 13.2 Å². The Morgan fingerprint density at radius 3 is 2.41 bits per heavy atom. The average molecular weight is 302 g/mol. The van der Waals surface area contributed by atoms with Crippen molar-refractivity contribution < 1.29 is 14.3 Å². The lowest BCUT2D eigenvalue weighted by Gasteiger charge is -2.12. The van der Waals surface area contributed by atoms with Crippen molar-refractivity contribution in [2.24, 2.45) is 21.5 Å². The molecule has 0 aromatic heterocycles. The van der Waals surface area contributed by atoms with Gasteiger partial charge in [0.25, 0.3) is 5.91 Å². The van der Waals surface area contributed by atoms with Gasteiger partial charge in [-0.1, -0.05) is 6.07 Å². The van der Waals surface area contributed by atoms with E-state index in [1.54, 1.807) is 24.3 Å². The maximum atomic E-state index is 11.8. The predicted molar refractivity (Wildman–Crippen MR) is 85.0 cm³/mol. The Bertz CT molecular complexity index is 677. The molecule has 7 heteroatoms. The van der Waals surface area contributed by atoms with Crippen LogP contribution >= 0.6 is 0 Å². The molecule has 1 heterocycles. The summed E-state index contributed by atoms with van der Waals surface area (Å²) in [6, 6.07) is 5.34. The van der Waals surface area contributed by atoms with Gasteiger partial charge >= 0.3 is 0 Å². The third kappa shape index (κ3) is 3.43. The zero-order chi connectivity index (χ0) is 16.1. The molecule has 1 amide bonds. The highest BCUT2D eigenvalue weighted by Crippen LogP contribution is 2.29. The molecule has 1 aliphatic heterocycles. The van der Waals surface area contributed by atoms with Gasteiger partial charge in [0, 0.05) is 0 Å². The molecular weight excluding hydrogens is 284 g/mol. The number of ether oxygens (including phenoxy) is 2. The number of carbonyl (C=O) groups is 1. The van der Waals surface area contributed by atoms with Crippen molar-refractivity contribution >= 4 is 23.8 Å². The highest BCUT2D eigenvalue weighted by molar-refractivity contribution is 6.29. The Labute approximate surface area is 128 Å². The Morgan fingerprint density at radius 2 is 1.77 bits per heavy atom. The standard InChI is InChI=1S/C15H18N4O3/c1-3-21-11-6-5-9(8-12(11)22-4-2)7-10-13(16)18-15(17)19-14(10)20/h5-8H,3-4H2,1-2H3,(H4,16,17,18,19,20)/b10-7+. The van der Waals surface area contributed by atoms with Crippen molar-refractivity contribution in [1.82, 2.24) is 0 Å². The summed E-state index contributed by atoms with van der Waals surface area (Å²) in [5.74, 6) is 0.633. The molecule has 1 aromatic carbocycles. The zero-order valence-electron chi connectivity index (χ0n) is 12.5. The van der Waals surface area contributed by atoms with Crippen LogP contribution in [0.2, 0.25) is 0 Å². The van der Waals surface area contributed by atoms with Crippen LogP contribution in [0.25, 0.3) is 6.08 Å². The summed E-state index contributed by atoms with van der Waals surface area (Å²) in [5, 5.41) is 0. The van der Waals surface area contributed by atoms with Crippen LogP contribution in [-0.2, 0) is 4.79 Å². The second kappa shape index (κ2) is 6.75. The fourth-order valence-corrected chi connectivity index (χ4v) is 1.94. The maximum Gasteiger partial charge on any atom is 0.284 e. The molecule has 0 atom stereocenters. The highest BCUT2D eigenvalue weighted by Gasteiger charge is 2.19. The number of amides is 1. The highest BCUT2D eigenvalue weighted by atomic mass is 16.5. The topological polar surface area (TPSA) is 112 Å². The van der Waals surface area contributed by atoms with Crippen LogP contribution in [0.4, 0.5) is 0 Å². The molecule has 1 aromatic rings. The minimum Gasteiger partial charge on any atom is -0.490 e. The summed E-state index contributed by atoms with van der Waals surface area (Å²) in [6.45, 7) is 4.82. The maximum absolute atomic E-state index is 11.8. The Hall–Kier alpha value is -2.83. The first-order valence-electron chi connectivity index (χ1n) is 6.89. The average Bonchev–Trinajstić information content (AvgIpc) is 2.46. The molecule has 0 bridgehead atoms. The van der Waals surface area contributed by atoms with E-state index in [-0.39, 0.29) is 17.4 Å². The first kappa shape index (κ1) is 15.6. The molecule has 0 saturated carbocycles. The number of benzene rings is 1. The van der Waals surface area contributed by atoms with E-state index < -0.39 is 5.91 Å². The first-order chi connectivity index (χ1) is 10.5. The number of rotatable bonds is 5. The van der Waals surface area contributed by atoms with Gasteiger partial charge < -0.3 is 20.9 Å². The molecule has 4 N–H and O–H groups in total. The number of hydrogen-bond donors (Lipinski definition) is 2. The fraction of sp³-hybridized carbons (Fsp3) is 0.267. The number of nitrogens with zero attached hydrogens (tertiary/aromatic N) is 2. The number of aliphatic imine (C=N–C) groups is 2. The lowest BCUT2D eigenvalue weighted by atomic mass is 10.1. The van der Waals surface area contributed by atoms with Gasteiger partial charge in [0.1, 0.15) is 5.84 Å². The monoisotopic (exact) mass is 302 g/mol. The van der Waals surface area contributed by atoms with Crippen molar-refractivity contribution in [1.29, 1.82) is 0 Å². The normalized spacial score (nSPS) is 16.3. The van der Waals surface area contributed by atoms with Crippen molar-refractivity contribution in [3.8, 4) is 11.5 Å². The molecule has 7 nitrogen and oxygen atoms in total. The SMILES string of the molecule is CCOc1ccc(/C=C2/C(=O)N=C(N)N=C2N)cc1OCC. The van der Waals surface area contributed by atoms with Crippen LogP contribution in [0, 0.1) is 0 Å². The summed E-state index contributed by atoms with van der Waals surface area (Å²) in [6.07, 6.45) is 1.59. The second-order valence-electron chi connectivity index (χ2n) is 4.40. The largest absolute Gasteiger partial charge is 0.490 e. The number of guanidine groups is 1. The van der Waals surface area contributed by atoms with Gasteiger partial charge in [-0.25, -0.2) is 0 Å². The van der Waals surface area contributed by atoms with Crippen LogP contribution in [0.5, 0.6) is 11.5 Å². The Balaban J connectivity index is 2.37. The van der Waals surface area contributed by atoms with Crippen molar-refractivity contribution in [2.45, 2.75) is 13.8 Å². The van der Waals surface area contributed by atoms with Crippen LogP contribution in [0.15, 0.2) is 33.8 Å². The molecule has 0 radical (unpaired) electrons. The van der Waals surface area contributed by atoms with E-state index in [9.17, 15) is 4.79 Å². The molecule has 0 aliphatic carbocycles. The molecule has 0 spiro atoms. The number of nitrogens with two attached hydrogens (primary N) is 2. The first-order valence-corrected chi connectivity index (χ1v) is 6.89. The number of carbonyl (C=O) groups excluding carboxylic acids is 1. The van der Waals surface area contributed by atoms with Gasteiger partial charge in [-0.15, -0.1) is 0 Å². The fourth-order valence-electron chi connectivity index (χ4n) is 1.94. The molecular formula is C15H18N4O3. The van der Waals surface area contributed by atoms with E-state index in [0.717, 1.165) is 5.56 Å².